The van der Waals surface area contributed by atoms with Gasteiger partial charge in [0.05, 0.1) is 5.56 Å². The van der Waals surface area contributed by atoms with Crippen molar-refractivity contribution in [2.75, 3.05) is 5.32 Å². The van der Waals surface area contributed by atoms with Crippen molar-refractivity contribution in [1.82, 2.24) is 0 Å². The first kappa shape index (κ1) is 14.7. The zero-order valence-electron chi connectivity index (χ0n) is 10.8. The Morgan fingerprint density at radius 1 is 1.05 bits per heavy atom. The predicted molar refractivity (Wildman–Crippen MR) is 75.0 cm³/mol. The third-order valence-electron chi connectivity index (χ3n) is 2.89. The molecule has 0 spiro atoms. The largest absolute Gasteiger partial charge is 0.418 e. The molecule has 5 heteroatoms. The fraction of sp³-hybridized carbons (Fsp3) is 0.200. The average molecular weight is 300 g/mol. The Labute approximate surface area is 120 Å². The first-order valence-corrected chi connectivity index (χ1v) is 6.40. The fourth-order valence-corrected chi connectivity index (χ4v) is 1.98. The first-order chi connectivity index (χ1) is 9.36. The van der Waals surface area contributed by atoms with E-state index < -0.39 is 11.7 Å². The summed E-state index contributed by atoms with van der Waals surface area (Å²) in [6.45, 7) is 2.28. The standard InChI is InChI=1S/C15H13ClF3N/c1-10-2-4-11(5-3-10)9-20-14-7-6-12(16)8-13(14)15(17,18)19/h2-8,20H,9H2,1H3. The molecular formula is C15H13ClF3N. The number of aryl methyl sites for hydroxylation is 1. The van der Waals surface area contributed by atoms with Gasteiger partial charge in [-0.2, -0.15) is 13.2 Å². The third-order valence-corrected chi connectivity index (χ3v) is 3.13. The van der Waals surface area contributed by atoms with Crippen LogP contribution in [0.3, 0.4) is 0 Å². The van der Waals surface area contributed by atoms with E-state index in [2.05, 4.69) is 5.32 Å². The number of rotatable bonds is 3. The van der Waals surface area contributed by atoms with E-state index in [0.29, 0.717) is 6.54 Å². The van der Waals surface area contributed by atoms with Gasteiger partial charge in [-0.1, -0.05) is 41.4 Å². The summed E-state index contributed by atoms with van der Waals surface area (Å²) in [5, 5.41) is 2.87. The van der Waals surface area contributed by atoms with Crippen LogP contribution in [0, 0.1) is 6.92 Å². The molecule has 106 valence electrons. The second-order valence-corrected chi connectivity index (χ2v) is 4.96. The number of nitrogens with one attached hydrogen (secondary N) is 1. The zero-order chi connectivity index (χ0) is 14.8. The van der Waals surface area contributed by atoms with E-state index in [1.54, 1.807) is 0 Å². The second kappa shape index (κ2) is 5.75. The molecule has 0 heterocycles. The van der Waals surface area contributed by atoms with Crippen molar-refractivity contribution < 1.29 is 13.2 Å². The van der Waals surface area contributed by atoms with Gasteiger partial charge in [0, 0.05) is 17.3 Å². The number of benzene rings is 2. The molecule has 0 aromatic heterocycles. The summed E-state index contributed by atoms with van der Waals surface area (Å²) in [5.41, 5.74) is 1.30. The molecule has 1 nitrogen and oxygen atoms in total. The van der Waals surface area contributed by atoms with Crippen LogP contribution in [0.25, 0.3) is 0 Å². The molecule has 0 aliphatic carbocycles. The lowest BCUT2D eigenvalue weighted by Crippen LogP contribution is -2.10. The summed E-state index contributed by atoms with van der Waals surface area (Å²) in [5.74, 6) is 0. The highest BCUT2D eigenvalue weighted by molar-refractivity contribution is 6.30. The van der Waals surface area contributed by atoms with Crippen LogP contribution >= 0.6 is 11.6 Å². The maximum atomic E-state index is 12.9. The van der Waals surface area contributed by atoms with Gasteiger partial charge in [-0.25, -0.2) is 0 Å². The number of anilines is 1. The van der Waals surface area contributed by atoms with E-state index in [1.807, 2.05) is 31.2 Å². The van der Waals surface area contributed by atoms with Crippen molar-refractivity contribution in [1.29, 1.82) is 0 Å². The smallest absolute Gasteiger partial charge is 0.380 e. The molecule has 0 radical (unpaired) electrons. The molecular weight excluding hydrogens is 287 g/mol. The lowest BCUT2D eigenvalue weighted by Gasteiger charge is -2.15. The van der Waals surface area contributed by atoms with E-state index in [-0.39, 0.29) is 10.7 Å². The van der Waals surface area contributed by atoms with Crippen LogP contribution in [-0.2, 0) is 12.7 Å². The van der Waals surface area contributed by atoms with Crippen LogP contribution in [0.15, 0.2) is 42.5 Å². The Kier molecular flexibility index (Phi) is 4.23. The van der Waals surface area contributed by atoms with Crippen molar-refractivity contribution >= 4 is 17.3 Å². The molecule has 2 rings (SSSR count). The van der Waals surface area contributed by atoms with Crippen LogP contribution in [0.5, 0.6) is 0 Å². The second-order valence-electron chi connectivity index (χ2n) is 4.53. The van der Waals surface area contributed by atoms with Crippen LogP contribution in [0.2, 0.25) is 5.02 Å². The minimum atomic E-state index is -4.43. The van der Waals surface area contributed by atoms with Gasteiger partial charge in [-0.05, 0) is 30.7 Å². The highest BCUT2D eigenvalue weighted by Gasteiger charge is 2.33. The number of halogens is 4. The summed E-state index contributed by atoms with van der Waals surface area (Å²) in [6.07, 6.45) is -4.43. The summed E-state index contributed by atoms with van der Waals surface area (Å²) >= 11 is 5.63. The number of alkyl halides is 3. The minimum Gasteiger partial charge on any atom is -0.380 e. The molecule has 0 saturated carbocycles. The quantitative estimate of drug-likeness (QED) is 0.813. The van der Waals surface area contributed by atoms with Gasteiger partial charge in [0.15, 0.2) is 0 Å². The van der Waals surface area contributed by atoms with Gasteiger partial charge in [0.2, 0.25) is 0 Å². The van der Waals surface area contributed by atoms with Crippen molar-refractivity contribution in [3.8, 4) is 0 Å². The molecule has 1 N–H and O–H groups in total. The van der Waals surface area contributed by atoms with Gasteiger partial charge in [-0.15, -0.1) is 0 Å². The van der Waals surface area contributed by atoms with Gasteiger partial charge in [0.25, 0.3) is 0 Å². The Hall–Kier alpha value is -1.68. The van der Waals surface area contributed by atoms with E-state index in [0.717, 1.165) is 17.2 Å². The zero-order valence-corrected chi connectivity index (χ0v) is 11.5. The predicted octanol–water partition coefficient (Wildman–Crippen LogP) is 5.28. The number of hydrogen-bond acceptors (Lipinski definition) is 1. The van der Waals surface area contributed by atoms with E-state index in [9.17, 15) is 13.2 Å². The molecule has 0 unspecified atom stereocenters. The number of hydrogen-bond donors (Lipinski definition) is 1. The lowest BCUT2D eigenvalue weighted by molar-refractivity contribution is -0.136. The summed E-state index contributed by atoms with van der Waals surface area (Å²) in [4.78, 5) is 0. The molecule has 0 bridgehead atoms. The van der Waals surface area contributed by atoms with Gasteiger partial charge in [-0.3, -0.25) is 0 Å². The molecule has 0 fully saturated rings. The molecule has 2 aromatic rings. The van der Waals surface area contributed by atoms with E-state index in [1.165, 1.54) is 12.1 Å². The van der Waals surface area contributed by atoms with Crippen molar-refractivity contribution in [3.05, 3.63) is 64.2 Å². The Bertz CT molecular complexity index is 591. The van der Waals surface area contributed by atoms with Crippen LogP contribution < -0.4 is 5.32 Å². The molecule has 20 heavy (non-hydrogen) atoms. The van der Waals surface area contributed by atoms with Gasteiger partial charge < -0.3 is 5.32 Å². The van der Waals surface area contributed by atoms with Crippen molar-refractivity contribution in [2.24, 2.45) is 0 Å². The average Bonchev–Trinajstić information content (AvgIpc) is 2.38. The third kappa shape index (κ3) is 3.67. The normalized spacial score (nSPS) is 11.4. The van der Waals surface area contributed by atoms with Crippen molar-refractivity contribution in [2.45, 2.75) is 19.6 Å². The highest BCUT2D eigenvalue weighted by atomic mass is 35.5. The van der Waals surface area contributed by atoms with E-state index >= 15 is 0 Å². The van der Waals surface area contributed by atoms with Gasteiger partial charge in [0.1, 0.15) is 0 Å². The lowest BCUT2D eigenvalue weighted by atomic mass is 10.1. The maximum absolute atomic E-state index is 12.9. The Morgan fingerprint density at radius 3 is 2.30 bits per heavy atom. The minimum absolute atomic E-state index is 0.0301. The fourth-order valence-electron chi connectivity index (χ4n) is 1.81. The monoisotopic (exact) mass is 299 g/mol. The highest BCUT2D eigenvalue weighted by Crippen LogP contribution is 2.36. The molecule has 0 saturated heterocycles. The maximum Gasteiger partial charge on any atom is 0.418 e. The summed E-state index contributed by atoms with van der Waals surface area (Å²) in [7, 11) is 0. The molecule has 0 aliphatic rings. The van der Waals surface area contributed by atoms with Crippen LogP contribution in [-0.4, -0.2) is 0 Å². The summed E-state index contributed by atoms with van der Waals surface area (Å²) < 4.78 is 38.7. The Morgan fingerprint density at radius 2 is 1.70 bits per heavy atom. The van der Waals surface area contributed by atoms with Gasteiger partial charge >= 0.3 is 6.18 Å². The summed E-state index contributed by atoms with van der Waals surface area (Å²) in [6, 6.07) is 11.3. The molecule has 0 atom stereocenters. The van der Waals surface area contributed by atoms with Crippen LogP contribution in [0.4, 0.5) is 18.9 Å². The first-order valence-electron chi connectivity index (χ1n) is 6.02. The SMILES string of the molecule is Cc1ccc(CNc2ccc(Cl)cc2C(F)(F)F)cc1. The Balaban J connectivity index is 2.19. The molecule has 0 aliphatic heterocycles. The van der Waals surface area contributed by atoms with Crippen molar-refractivity contribution in [3.63, 3.8) is 0 Å². The van der Waals surface area contributed by atoms with Crippen LogP contribution in [0.1, 0.15) is 16.7 Å². The topological polar surface area (TPSA) is 12.0 Å². The molecule has 2 aromatic carbocycles. The van der Waals surface area contributed by atoms with E-state index in [4.69, 9.17) is 11.6 Å². The molecule has 0 amide bonds.